The largest absolute Gasteiger partial charge is 0.283 e. The molecule has 0 bridgehead atoms. The Labute approximate surface area is 107 Å². The summed E-state index contributed by atoms with van der Waals surface area (Å²) in [6.07, 6.45) is 1.85. The van der Waals surface area contributed by atoms with Gasteiger partial charge >= 0.3 is 0 Å². The molecule has 1 aliphatic heterocycles. The molecule has 0 saturated heterocycles. The number of hydrogen-bond donors (Lipinski definition) is 1. The molecule has 17 heavy (non-hydrogen) atoms. The number of hydrazone groups is 1. The van der Waals surface area contributed by atoms with Gasteiger partial charge in [-0.05, 0) is 36.0 Å². The van der Waals surface area contributed by atoms with Crippen molar-refractivity contribution < 1.29 is 0 Å². The summed E-state index contributed by atoms with van der Waals surface area (Å²) in [7, 11) is 0. The van der Waals surface area contributed by atoms with Gasteiger partial charge < -0.3 is 0 Å². The minimum Gasteiger partial charge on any atom is -0.283 e. The van der Waals surface area contributed by atoms with Crippen LogP contribution in [0, 0.1) is 0 Å². The zero-order chi connectivity index (χ0) is 12.4. The molecule has 0 unspecified atom stereocenters. The molecule has 0 fully saturated rings. The molecule has 1 aliphatic rings. The van der Waals surface area contributed by atoms with Gasteiger partial charge in [0.1, 0.15) is 0 Å². The molecule has 0 aliphatic carbocycles. The van der Waals surface area contributed by atoms with Gasteiger partial charge in [0.05, 0.1) is 5.71 Å². The number of hydrogen-bond acceptors (Lipinski definition) is 2. The minimum absolute atomic E-state index is 0.447. The van der Waals surface area contributed by atoms with Gasteiger partial charge in [0.2, 0.25) is 0 Å². The van der Waals surface area contributed by atoms with Gasteiger partial charge in [0.15, 0.2) is 0 Å². The molecule has 3 heteroatoms. The van der Waals surface area contributed by atoms with Crippen molar-refractivity contribution >= 4 is 17.3 Å². The standard InChI is InChI=1S/C14H17ClN2/c1-9(2)12-6-5-11(8-13(12)15)14-7-4-10(3)16-17-14/h5-6,8-9,16H,3-4,7H2,1-2H3. The molecular formula is C14H17ClN2. The molecular weight excluding hydrogens is 232 g/mol. The fourth-order valence-electron chi connectivity index (χ4n) is 1.91. The Hall–Kier alpha value is -1.28. The summed E-state index contributed by atoms with van der Waals surface area (Å²) >= 11 is 6.28. The van der Waals surface area contributed by atoms with Crippen LogP contribution in [-0.2, 0) is 0 Å². The number of halogens is 1. The molecule has 1 N–H and O–H groups in total. The third-order valence-corrected chi connectivity index (χ3v) is 3.30. The van der Waals surface area contributed by atoms with E-state index in [1.807, 2.05) is 6.07 Å². The van der Waals surface area contributed by atoms with E-state index >= 15 is 0 Å². The Morgan fingerprint density at radius 2 is 2.12 bits per heavy atom. The Bertz CT molecular complexity index is 475. The number of allylic oxidation sites excluding steroid dienone is 1. The average molecular weight is 249 g/mol. The molecule has 1 aromatic rings. The highest BCUT2D eigenvalue weighted by Gasteiger charge is 2.12. The molecule has 0 radical (unpaired) electrons. The van der Waals surface area contributed by atoms with Crippen molar-refractivity contribution in [3.05, 3.63) is 46.6 Å². The first-order chi connectivity index (χ1) is 8.08. The maximum Gasteiger partial charge on any atom is 0.0683 e. The monoisotopic (exact) mass is 248 g/mol. The van der Waals surface area contributed by atoms with E-state index in [1.54, 1.807) is 0 Å². The van der Waals surface area contributed by atoms with Crippen LogP contribution in [-0.4, -0.2) is 5.71 Å². The smallest absolute Gasteiger partial charge is 0.0683 e. The van der Waals surface area contributed by atoms with Crippen LogP contribution in [0.4, 0.5) is 0 Å². The van der Waals surface area contributed by atoms with Gasteiger partial charge in [-0.25, -0.2) is 0 Å². The maximum absolute atomic E-state index is 6.28. The topological polar surface area (TPSA) is 24.4 Å². The normalized spacial score (nSPS) is 15.8. The number of nitrogens with one attached hydrogen (secondary N) is 1. The van der Waals surface area contributed by atoms with Gasteiger partial charge in [-0.3, -0.25) is 5.43 Å². The second-order valence-electron chi connectivity index (χ2n) is 4.66. The third-order valence-electron chi connectivity index (χ3n) is 2.97. The Kier molecular flexibility index (Phi) is 3.53. The second-order valence-corrected chi connectivity index (χ2v) is 5.07. The van der Waals surface area contributed by atoms with Crippen molar-refractivity contribution in [2.45, 2.75) is 32.6 Å². The van der Waals surface area contributed by atoms with Crippen molar-refractivity contribution in [3.8, 4) is 0 Å². The van der Waals surface area contributed by atoms with Crippen molar-refractivity contribution in [1.82, 2.24) is 5.43 Å². The molecule has 0 saturated carbocycles. The van der Waals surface area contributed by atoms with Gasteiger partial charge in [-0.15, -0.1) is 0 Å². The fraction of sp³-hybridized carbons (Fsp3) is 0.357. The van der Waals surface area contributed by atoms with E-state index in [0.717, 1.165) is 34.8 Å². The number of rotatable bonds is 2. The van der Waals surface area contributed by atoms with E-state index in [9.17, 15) is 0 Å². The van der Waals surface area contributed by atoms with Crippen LogP contribution in [0.2, 0.25) is 5.02 Å². The van der Waals surface area contributed by atoms with E-state index < -0.39 is 0 Å². The summed E-state index contributed by atoms with van der Waals surface area (Å²) in [4.78, 5) is 0. The molecule has 0 spiro atoms. The van der Waals surface area contributed by atoms with Crippen molar-refractivity contribution in [2.24, 2.45) is 5.10 Å². The Balaban J connectivity index is 2.29. The predicted octanol–water partition coefficient (Wildman–Crippen LogP) is 4.06. The molecule has 90 valence electrons. The highest BCUT2D eigenvalue weighted by molar-refractivity contribution is 6.31. The van der Waals surface area contributed by atoms with Crippen LogP contribution in [0.15, 0.2) is 35.6 Å². The maximum atomic E-state index is 6.28. The van der Waals surface area contributed by atoms with Gasteiger partial charge in [-0.2, -0.15) is 5.10 Å². The van der Waals surface area contributed by atoms with Crippen molar-refractivity contribution in [3.63, 3.8) is 0 Å². The fourth-order valence-corrected chi connectivity index (χ4v) is 2.31. The quantitative estimate of drug-likeness (QED) is 0.839. The lowest BCUT2D eigenvalue weighted by atomic mass is 9.98. The Morgan fingerprint density at radius 3 is 2.65 bits per heavy atom. The van der Waals surface area contributed by atoms with Crippen LogP contribution in [0.1, 0.15) is 43.7 Å². The van der Waals surface area contributed by atoms with E-state index in [4.69, 9.17) is 11.6 Å². The molecule has 0 atom stereocenters. The lowest BCUT2D eigenvalue weighted by molar-refractivity contribution is 0.770. The molecule has 2 nitrogen and oxygen atoms in total. The summed E-state index contributed by atoms with van der Waals surface area (Å²) in [5.41, 5.74) is 7.24. The minimum atomic E-state index is 0.447. The number of benzene rings is 1. The molecule has 2 rings (SSSR count). The summed E-state index contributed by atoms with van der Waals surface area (Å²) in [6.45, 7) is 8.14. The predicted molar refractivity (Wildman–Crippen MR) is 73.6 cm³/mol. The van der Waals surface area contributed by atoms with Crippen LogP contribution >= 0.6 is 11.6 Å². The van der Waals surface area contributed by atoms with Crippen molar-refractivity contribution in [2.75, 3.05) is 0 Å². The average Bonchev–Trinajstić information content (AvgIpc) is 2.29. The van der Waals surface area contributed by atoms with E-state index in [2.05, 4.69) is 43.1 Å². The van der Waals surface area contributed by atoms with Crippen molar-refractivity contribution in [1.29, 1.82) is 0 Å². The van der Waals surface area contributed by atoms with E-state index in [-0.39, 0.29) is 0 Å². The molecule has 1 aromatic carbocycles. The van der Waals surface area contributed by atoms with E-state index in [1.165, 1.54) is 5.56 Å². The zero-order valence-corrected chi connectivity index (χ0v) is 11.0. The lowest BCUT2D eigenvalue weighted by Gasteiger charge is -2.16. The van der Waals surface area contributed by atoms with Gasteiger partial charge in [0.25, 0.3) is 0 Å². The first-order valence-electron chi connectivity index (χ1n) is 5.88. The summed E-state index contributed by atoms with van der Waals surface area (Å²) in [5, 5.41) is 5.13. The first-order valence-corrected chi connectivity index (χ1v) is 6.26. The SMILES string of the molecule is C=C1CCC(c2ccc(C(C)C)c(Cl)c2)=NN1. The zero-order valence-electron chi connectivity index (χ0n) is 10.3. The third kappa shape index (κ3) is 2.70. The van der Waals surface area contributed by atoms with E-state index in [0.29, 0.717) is 5.92 Å². The van der Waals surface area contributed by atoms with Gasteiger partial charge in [0, 0.05) is 10.7 Å². The second kappa shape index (κ2) is 4.92. The highest BCUT2D eigenvalue weighted by atomic mass is 35.5. The number of nitrogens with zero attached hydrogens (tertiary/aromatic N) is 1. The van der Waals surface area contributed by atoms with Crippen LogP contribution in [0.5, 0.6) is 0 Å². The molecule has 1 heterocycles. The summed E-state index contributed by atoms with van der Waals surface area (Å²) in [5.74, 6) is 0.447. The van der Waals surface area contributed by atoms with Gasteiger partial charge in [-0.1, -0.05) is 44.2 Å². The van der Waals surface area contributed by atoms with Crippen LogP contribution < -0.4 is 5.43 Å². The summed E-state index contributed by atoms with van der Waals surface area (Å²) < 4.78 is 0. The Morgan fingerprint density at radius 1 is 1.35 bits per heavy atom. The van der Waals surface area contributed by atoms with Crippen LogP contribution in [0.3, 0.4) is 0 Å². The first kappa shape index (κ1) is 12.2. The molecule has 0 amide bonds. The lowest BCUT2D eigenvalue weighted by Crippen LogP contribution is -2.17. The highest BCUT2D eigenvalue weighted by Crippen LogP contribution is 2.26. The summed E-state index contributed by atoms with van der Waals surface area (Å²) in [6, 6.07) is 6.19. The molecule has 0 aromatic heterocycles. The van der Waals surface area contributed by atoms with Crippen LogP contribution in [0.25, 0.3) is 0 Å².